The van der Waals surface area contributed by atoms with E-state index in [-0.39, 0.29) is 10.7 Å². The molecular weight excluding hydrogens is 322 g/mol. The predicted molar refractivity (Wildman–Crippen MR) is 68.6 cm³/mol. The van der Waals surface area contributed by atoms with Gasteiger partial charge in [0.15, 0.2) is 0 Å². The fourth-order valence-electron chi connectivity index (χ4n) is 1.79. The highest BCUT2D eigenvalue weighted by Crippen LogP contribution is 2.28. The molecule has 80 valence electrons. The molecule has 0 N–H and O–H groups in total. The van der Waals surface area contributed by atoms with E-state index in [1.807, 2.05) is 30.0 Å². The Balaban J connectivity index is 2.33. The third-order valence-corrected chi connectivity index (χ3v) is 3.49. The van der Waals surface area contributed by atoms with Gasteiger partial charge in [0.25, 0.3) is 0 Å². The molecule has 1 atom stereocenters. The van der Waals surface area contributed by atoms with Crippen molar-refractivity contribution in [3.8, 4) is 0 Å². The van der Waals surface area contributed by atoms with Crippen LogP contribution in [0.4, 0.5) is 5.69 Å². The molecule has 4 heteroatoms. The van der Waals surface area contributed by atoms with Crippen molar-refractivity contribution in [2.45, 2.75) is 18.2 Å². The molecule has 1 aromatic rings. The van der Waals surface area contributed by atoms with E-state index < -0.39 is 0 Å². The second-order valence-corrected chi connectivity index (χ2v) is 6.00. The summed E-state index contributed by atoms with van der Waals surface area (Å²) >= 11 is 6.92. The Morgan fingerprint density at radius 3 is 2.67 bits per heavy atom. The molecule has 0 aromatic heterocycles. The number of rotatable bonds is 1. The van der Waals surface area contributed by atoms with Crippen LogP contribution in [0.15, 0.2) is 22.7 Å². The second-order valence-electron chi connectivity index (χ2n) is 3.79. The number of carbonyl (C=O) groups excluding carboxylic acids is 1. The van der Waals surface area contributed by atoms with E-state index in [0.717, 1.165) is 22.3 Å². The zero-order chi connectivity index (χ0) is 11.0. The Hall–Kier alpha value is -0.350. The maximum atomic E-state index is 11.7. The highest BCUT2D eigenvalue weighted by Gasteiger charge is 2.28. The van der Waals surface area contributed by atoms with Crippen LogP contribution in [-0.4, -0.2) is 17.3 Å². The number of anilines is 1. The first-order chi connectivity index (χ1) is 7.06. The van der Waals surface area contributed by atoms with Gasteiger partial charge in [-0.05, 0) is 30.7 Å². The Kier molecular flexibility index (Phi) is 3.16. The van der Waals surface area contributed by atoms with Crippen LogP contribution in [0.1, 0.15) is 12.0 Å². The van der Waals surface area contributed by atoms with Gasteiger partial charge in [-0.15, -0.1) is 0 Å². The average Bonchev–Trinajstić information content (AvgIpc) is 2.43. The molecule has 15 heavy (non-hydrogen) atoms. The monoisotopic (exact) mass is 331 g/mol. The number of aryl methyl sites for hydroxylation is 1. The van der Waals surface area contributed by atoms with Crippen LogP contribution in [-0.2, 0) is 4.79 Å². The number of hydrogen-bond acceptors (Lipinski definition) is 1. The largest absolute Gasteiger partial charge is 0.311 e. The van der Waals surface area contributed by atoms with Gasteiger partial charge in [-0.1, -0.05) is 31.9 Å². The molecule has 0 aliphatic carbocycles. The lowest BCUT2D eigenvalue weighted by molar-refractivity contribution is -0.117. The van der Waals surface area contributed by atoms with E-state index in [0.29, 0.717) is 6.42 Å². The standard InChI is InChI=1S/C11H11Br2NO/c1-7-2-8(12)4-10(3-7)14-6-9(13)5-11(14)15/h2-4,9H,5-6H2,1H3. The van der Waals surface area contributed by atoms with Crippen molar-refractivity contribution >= 4 is 43.5 Å². The number of carbonyl (C=O) groups is 1. The molecule has 0 radical (unpaired) electrons. The molecule has 1 amide bonds. The van der Waals surface area contributed by atoms with Crippen molar-refractivity contribution in [2.24, 2.45) is 0 Å². The minimum atomic E-state index is 0.189. The summed E-state index contributed by atoms with van der Waals surface area (Å²) in [5.41, 5.74) is 2.14. The smallest absolute Gasteiger partial charge is 0.228 e. The summed E-state index contributed by atoms with van der Waals surface area (Å²) < 4.78 is 1.02. The van der Waals surface area contributed by atoms with Gasteiger partial charge in [-0.2, -0.15) is 0 Å². The molecule has 1 aliphatic rings. The highest BCUT2D eigenvalue weighted by molar-refractivity contribution is 9.10. The molecular formula is C11H11Br2NO. The molecule has 0 saturated carbocycles. The third kappa shape index (κ3) is 2.42. The Morgan fingerprint density at radius 1 is 1.40 bits per heavy atom. The topological polar surface area (TPSA) is 20.3 Å². The molecule has 1 saturated heterocycles. The molecule has 1 unspecified atom stereocenters. The van der Waals surface area contributed by atoms with Gasteiger partial charge in [-0.3, -0.25) is 4.79 Å². The van der Waals surface area contributed by atoms with Crippen LogP contribution in [0.2, 0.25) is 0 Å². The van der Waals surface area contributed by atoms with Crippen LogP contribution in [0.5, 0.6) is 0 Å². The number of alkyl halides is 1. The van der Waals surface area contributed by atoms with Crippen LogP contribution >= 0.6 is 31.9 Å². The summed E-state index contributed by atoms with van der Waals surface area (Å²) in [5, 5.41) is 0. The van der Waals surface area contributed by atoms with Crippen molar-refractivity contribution in [3.63, 3.8) is 0 Å². The highest BCUT2D eigenvalue weighted by atomic mass is 79.9. The Labute approximate surface area is 106 Å². The van der Waals surface area contributed by atoms with Gasteiger partial charge < -0.3 is 4.90 Å². The maximum Gasteiger partial charge on any atom is 0.228 e. The van der Waals surface area contributed by atoms with Crippen molar-refractivity contribution in [2.75, 3.05) is 11.4 Å². The molecule has 0 bridgehead atoms. The summed E-state index contributed by atoms with van der Waals surface area (Å²) in [6.45, 7) is 2.79. The van der Waals surface area contributed by atoms with Crippen molar-refractivity contribution < 1.29 is 4.79 Å². The zero-order valence-electron chi connectivity index (χ0n) is 8.34. The molecule has 2 nitrogen and oxygen atoms in total. The maximum absolute atomic E-state index is 11.7. The average molecular weight is 333 g/mol. The van der Waals surface area contributed by atoms with Gasteiger partial charge in [0.05, 0.1) is 0 Å². The van der Waals surface area contributed by atoms with Gasteiger partial charge in [0, 0.05) is 28.0 Å². The van der Waals surface area contributed by atoms with E-state index in [9.17, 15) is 4.79 Å². The lowest BCUT2D eigenvalue weighted by Gasteiger charge is -2.16. The van der Waals surface area contributed by atoms with Crippen LogP contribution in [0, 0.1) is 6.92 Å². The minimum absolute atomic E-state index is 0.189. The van der Waals surface area contributed by atoms with E-state index in [4.69, 9.17) is 0 Å². The predicted octanol–water partition coefficient (Wildman–Crippen LogP) is 3.26. The van der Waals surface area contributed by atoms with Gasteiger partial charge >= 0.3 is 0 Å². The van der Waals surface area contributed by atoms with E-state index in [1.165, 1.54) is 0 Å². The lowest BCUT2D eigenvalue weighted by atomic mass is 10.2. The molecule has 1 fully saturated rings. The quantitative estimate of drug-likeness (QED) is 0.723. The SMILES string of the molecule is Cc1cc(Br)cc(N2CC(Br)CC2=O)c1. The summed E-state index contributed by atoms with van der Waals surface area (Å²) in [7, 11) is 0. The molecule has 1 aromatic carbocycles. The Morgan fingerprint density at radius 2 is 2.13 bits per heavy atom. The molecule has 2 rings (SSSR count). The third-order valence-electron chi connectivity index (χ3n) is 2.42. The number of nitrogens with zero attached hydrogens (tertiary/aromatic N) is 1. The van der Waals surface area contributed by atoms with E-state index >= 15 is 0 Å². The summed E-state index contributed by atoms with van der Waals surface area (Å²) in [6.07, 6.45) is 0.589. The number of hydrogen-bond donors (Lipinski definition) is 0. The lowest BCUT2D eigenvalue weighted by Crippen LogP contribution is -2.24. The minimum Gasteiger partial charge on any atom is -0.311 e. The summed E-state index contributed by atoms with van der Waals surface area (Å²) in [5.74, 6) is 0.189. The molecule has 0 spiro atoms. The van der Waals surface area contributed by atoms with Crippen LogP contribution in [0.3, 0.4) is 0 Å². The van der Waals surface area contributed by atoms with Gasteiger partial charge in [0.1, 0.15) is 0 Å². The number of amides is 1. The van der Waals surface area contributed by atoms with Crippen molar-refractivity contribution in [1.82, 2.24) is 0 Å². The van der Waals surface area contributed by atoms with Crippen molar-refractivity contribution in [3.05, 3.63) is 28.2 Å². The normalized spacial score (nSPS) is 21.1. The van der Waals surface area contributed by atoms with Gasteiger partial charge in [-0.25, -0.2) is 0 Å². The first-order valence-corrected chi connectivity index (χ1v) is 6.49. The molecule has 1 aliphatic heterocycles. The zero-order valence-corrected chi connectivity index (χ0v) is 11.5. The summed E-state index contributed by atoms with van der Waals surface area (Å²) in [4.78, 5) is 13.8. The first kappa shape index (κ1) is 11.1. The van der Waals surface area contributed by atoms with Crippen LogP contribution < -0.4 is 4.90 Å². The van der Waals surface area contributed by atoms with Gasteiger partial charge in [0.2, 0.25) is 5.91 Å². The Bertz CT molecular complexity index is 385. The number of halogens is 2. The van der Waals surface area contributed by atoms with E-state index in [1.54, 1.807) is 0 Å². The number of benzene rings is 1. The van der Waals surface area contributed by atoms with Crippen LogP contribution in [0.25, 0.3) is 0 Å². The summed E-state index contributed by atoms with van der Waals surface area (Å²) in [6, 6.07) is 6.05. The van der Waals surface area contributed by atoms with Crippen molar-refractivity contribution in [1.29, 1.82) is 0 Å². The first-order valence-electron chi connectivity index (χ1n) is 4.78. The molecule has 1 heterocycles. The second kappa shape index (κ2) is 4.26. The van der Waals surface area contributed by atoms with E-state index in [2.05, 4.69) is 31.9 Å². The fraction of sp³-hybridized carbons (Fsp3) is 0.364. The fourth-order valence-corrected chi connectivity index (χ4v) is 2.95.